The van der Waals surface area contributed by atoms with Gasteiger partial charge in [-0.3, -0.25) is 0 Å². The van der Waals surface area contributed by atoms with Gasteiger partial charge in [0.15, 0.2) is 0 Å². The first kappa shape index (κ1) is 18.0. The Bertz CT molecular complexity index is 556. The molecule has 0 heterocycles. The SMILES string of the molecule is CCCCN(CCO)S(=O)(=O)c1ccc(CC(N)=S)cc1. The van der Waals surface area contributed by atoms with E-state index in [0.717, 1.165) is 18.4 Å². The molecular weight excluding hydrogens is 308 g/mol. The third kappa shape index (κ3) is 5.35. The van der Waals surface area contributed by atoms with E-state index in [1.54, 1.807) is 24.3 Å². The molecule has 0 aliphatic carbocycles. The normalized spacial score (nSPS) is 11.8. The molecule has 0 aromatic heterocycles. The minimum absolute atomic E-state index is 0.108. The Labute approximate surface area is 131 Å². The number of hydrogen-bond acceptors (Lipinski definition) is 4. The van der Waals surface area contributed by atoms with Crippen LogP contribution in [0.4, 0.5) is 0 Å². The maximum Gasteiger partial charge on any atom is 0.243 e. The summed E-state index contributed by atoms with van der Waals surface area (Å²) in [4.78, 5) is 0.592. The third-order valence-electron chi connectivity index (χ3n) is 3.05. The van der Waals surface area contributed by atoms with Gasteiger partial charge in [-0.25, -0.2) is 8.42 Å². The summed E-state index contributed by atoms with van der Waals surface area (Å²) in [5.74, 6) is 0. The second-order valence-electron chi connectivity index (χ2n) is 4.77. The van der Waals surface area contributed by atoms with Crippen LogP contribution in [0.5, 0.6) is 0 Å². The third-order valence-corrected chi connectivity index (χ3v) is 5.11. The lowest BCUT2D eigenvalue weighted by atomic mass is 10.1. The fourth-order valence-electron chi connectivity index (χ4n) is 1.93. The fourth-order valence-corrected chi connectivity index (χ4v) is 3.56. The first-order chi connectivity index (χ1) is 9.91. The molecule has 118 valence electrons. The number of benzene rings is 1. The molecule has 0 amide bonds. The molecule has 0 aliphatic rings. The lowest BCUT2D eigenvalue weighted by Crippen LogP contribution is -2.34. The molecule has 3 N–H and O–H groups in total. The minimum atomic E-state index is -3.57. The van der Waals surface area contributed by atoms with Crippen molar-refractivity contribution in [2.75, 3.05) is 19.7 Å². The largest absolute Gasteiger partial charge is 0.395 e. The first-order valence-electron chi connectivity index (χ1n) is 6.90. The van der Waals surface area contributed by atoms with Gasteiger partial charge in [-0.2, -0.15) is 4.31 Å². The number of aliphatic hydroxyl groups excluding tert-OH is 1. The topological polar surface area (TPSA) is 83.6 Å². The summed E-state index contributed by atoms with van der Waals surface area (Å²) in [6.07, 6.45) is 2.11. The first-order valence-corrected chi connectivity index (χ1v) is 8.75. The highest BCUT2D eigenvalue weighted by atomic mass is 32.2. The second kappa shape index (κ2) is 8.43. The van der Waals surface area contributed by atoms with Crippen LogP contribution < -0.4 is 5.73 Å². The molecule has 0 saturated heterocycles. The number of thiocarbonyl (C=S) groups is 1. The Morgan fingerprint density at radius 2 is 1.90 bits per heavy atom. The average molecular weight is 330 g/mol. The quantitative estimate of drug-likeness (QED) is 0.667. The molecule has 0 bridgehead atoms. The highest BCUT2D eigenvalue weighted by molar-refractivity contribution is 7.89. The van der Waals surface area contributed by atoms with Gasteiger partial charge in [-0.05, 0) is 24.1 Å². The van der Waals surface area contributed by atoms with Crippen molar-refractivity contribution in [1.82, 2.24) is 4.31 Å². The Morgan fingerprint density at radius 1 is 1.29 bits per heavy atom. The zero-order valence-electron chi connectivity index (χ0n) is 12.2. The van der Waals surface area contributed by atoms with Gasteiger partial charge in [-0.15, -0.1) is 0 Å². The highest BCUT2D eigenvalue weighted by Crippen LogP contribution is 2.17. The van der Waals surface area contributed by atoms with Crippen LogP contribution in [0.1, 0.15) is 25.3 Å². The van der Waals surface area contributed by atoms with Crippen LogP contribution in [0, 0.1) is 0 Å². The predicted octanol–water partition coefficient (Wildman–Crippen LogP) is 1.30. The summed E-state index contributed by atoms with van der Waals surface area (Å²) in [6, 6.07) is 6.53. The maximum absolute atomic E-state index is 12.5. The number of nitrogens with two attached hydrogens (primary N) is 1. The summed E-state index contributed by atoms with van der Waals surface area (Å²) in [7, 11) is -3.57. The molecule has 0 spiro atoms. The van der Waals surface area contributed by atoms with E-state index in [0.29, 0.717) is 18.0 Å². The molecule has 0 aliphatic heterocycles. The van der Waals surface area contributed by atoms with Gasteiger partial charge in [0, 0.05) is 19.5 Å². The summed E-state index contributed by atoms with van der Waals surface area (Å²) in [5, 5.41) is 9.06. The van der Waals surface area contributed by atoms with Gasteiger partial charge in [-0.1, -0.05) is 37.7 Å². The molecular formula is C14H22N2O3S2. The van der Waals surface area contributed by atoms with Crippen molar-refractivity contribution >= 4 is 27.2 Å². The van der Waals surface area contributed by atoms with E-state index in [9.17, 15) is 8.42 Å². The van der Waals surface area contributed by atoms with Gasteiger partial charge >= 0.3 is 0 Å². The molecule has 1 aromatic rings. The van der Waals surface area contributed by atoms with Crippen molar-refractivity contribution in [2.45, 2.75) is 31.1 Å². The van der Waals surface area contributed by atoms with Gasteiger partial charge in [0.05, 0.1) is 16.5 Å². The number of aliphatic hydroxyl groups is 1. The second-order valence-corrected chi connectivity index (χ2v) is 7.23. The molecule has 0 fully saturated rings. The molecule has 0 saturated carbocycles. The zero-order chi connectivity index (χ0) is 15.9. The van der Waals surface area contributed by atoms with E-state index in [2.05, 4.69) is 0 Å². The minimum Gasteiger partial charge on any atom is -0.395 e. The van der Waals surface area contributed by atoms with Crippen molar-refractivity contribution in [3.63, 3.8) is 0 Å². The monoisotopic (exact) mass is 330 g/mol. The summed E-state index contributed by atoms with van der Waals surface area (Å²) in [6.45, 7) is 2.32. The van der Waals surface area contributed by atoms with Crippen LogP contribution >= 0.6 is 12.2 Å². The molecule has 1 rings (SSSR count). The molecule has 0 unspecified atom stereocenters. The van der Waals surface area contributed by atoms with Crippen LogP contribution in [0.2, 0.25) is 0 Å². The van der Waals surface area contributed by atoms with Crippen LogP contribution in [0.3, 0.4) is 0 Å². The van der Waals surface area contributed by atoms with Gasteiger partial charge in [0.25, 0.3) is 0 Å². The predicted molar refractivity (Wildman–Crippen MR) is 87.7 cm³/mol. The Balaban J connectivity index is 2.95. The van der Waals surface area contributed by atoms with Crippen molar-refractivity contribution in [3.05, 3.63) is 29.8 Å². The van der Waals surface area contributed by atoms with Gasteiger partial charge in [0.2, 0.25) is 10.0 Å². The summed E-state index contributed by atoms with van der Waals surface area (Å²) < 4.78 is 26.4. The van der Waals surface area contributed by atoms with Gasteiger partial charge < -0.3 is 10.8 Å². The standard InChI is InChI=1S/C14H22N2O3S2/c1-2-3-8-16(9-10-17)21(18,19)13-6-4-12(5-7-13)11-14(15)20/h4-7,17H,2-3,8-11H2,1H3,(H2,15,20). The molecule has 7 heteroatoms. The van der Waals surface area contributed by atoms with E-state index in [1.165, 1.54) is 4.31 Å². The number of hydrogen-bond donors (Lipinski definition) is 2. The highest BCUT2D eigenvalue weighted by Gasteiger charge is 2.23. The molecule has 5 nitrogen and oxygen atoms in total. The van der Waals surface area contributed by atoms with Crippen molar-refractivity contribution in [2.24, 2.45) is 5.73 Å². The van der Waals surface area contributed by atoms with E-state index in [4.69, 9.17) is 23.1 Å². The van der Waals surface area contributed by atoms with Crippen molar-refractivity contribution in [1.29, 1.82) is 0 Å². The lowest BCUT2D eigenvalue weighted by molar-refractivity contribution is 0.252. The van der Waals surface area contributed by atoms with Crippen LogP contribution in [-0.4, -0.2) is 42.5 Å². The van der Waals surface area contributed by atoms with E-state index in [-0.39, 0.29) is 18.0 Å². The lowest BCUT2D eigenvalue weighted by Gasteiger charge is -2.21. The Hall–Kier alpha value is -1.02. The van der Waals surface area contributed by atoms with Crippen LogP contribution in [0.25, 0.3) is 0 Å². The zero-order valence-corrected chi connectivity index (χ0v) is 13.8. The van der Waals surface area contributed by atoms with Crippen molar-refractivity contribution in [3.8, 4) is 0 Å². The summed E-state index contributed by atoms with van der Waals surface area (Å²) >= 11 is 4.83. The number of rotatable bonds is 9. The molecule has 0 radical (unpaired) electrons. The van der Waals surface area contributed by atoms with Crippen LogP contribution in [0.15, 0.2) is 29.2 Å². The smallest absolute Gasteiger partial charge is 0.243 e. The van der Waals surface area contributed by atoms with E-state index < -0.39 is 10.0 Å². The van der Waals surface area contributed by atoms with Crippen molar-refractivity contribution < 1.29 is 13.5 Å². The molecule has 21 heavy (non-hydrogen) atoms. The fraction of sp³-hybridized carbons (Fsp3) is 0.500. The Morgan fingerprint density at radius 3 is 2.38 bits per heavy atom. The average Bonchev–Trinajstić information content (AvgIpc) is 2.43. The number of sulfonamides is 1. The number of unbranched alkanes of at least 4 members (excludes halogenated alkanes) is 1. The van der Waals surface area contributed by atoms with Gasteiger partial charge in [0.1, 0.15) is 0 Å². The van der Waals surface area contributed by atoms with E-state index >= 15 is 0 Å². The number of nitrogens with zero attached hydrogens (tertiary/aromatic N) is 1. The summed E-state index contributed by atoms with van der Waals surface area (Å²) in [5.41, 5.74) is 6.35. The van der Waals surface area contributed by atoms with E-state index in [1.807, 2.05) is 6.92 Å². The molecule has 1 aromatic carbocycles. The molecule has 0 atom stereocenters. The van der Waals surface area contributed by atoms with Crippen LogP contribution in [-0.2, 0) is 16.4 Å². The Kier molecular flexibility index (Phi) is 7.24. The maximum atomic E-state index is 12.5.